The first kappa shape index (κ1) is 10.6. The summed E-state index contributed by atoms with van der Waals surface area (Å²) in [5.74, 6) is 0.0659. The van der Waals surface area contributed by atoms with E-state index in [1.54, 1.807) is 0 Å². The minimum Gasteiger partial charge on any atom is -0.350 e. The number of hydrogen-bond donors (Lipinski definition) is 2. The summed E-state index contributed by atoms with van der Waals surface area (Å²) in [5, 5.41) is 8.29. The lowest BCUT2D eigenvalue weighted by molar-refractivity contribution is 0.0954. The molecule has 1 fully saturated rings. The summed E-state index contributed by atoms with van der Waals surface area (Å²) < 4.78 is 0. The maximum Gasteiger partial charge on any atom is 0.261 e. The molecule has 0 spiro atoms. The van der Waals surface area contributed by atoms with E-state index in [0.717, 1.165) is 23.5 Å². The molecule has 0 unspecified atom stereocenters. The molecule has 1 aliphatic heterocycles. The summed E-state index contributed by atoms with van der Waals surface area (Å²) in [6, 6.07) is 2.45. The normalized spacial score (nSPS) is 20.5. The van der Waals surface area contributed by atoms with E-state index in [4.69, 9.17) is 0 Å². The Kier molecular flexibility index (Phi) is 3.38. The summed E-state index contributed by atoms with van der Waals surface area (Å²) in [6.45, 7) is 3.80. The van der Waals surface area contributed by atoms with Gasteiger partial charge in [0.1, 0.15) is 0 Å². The van der Waals surface area contributed by atoms with Crippen LogP contribution in [0.5, 0.6) is 0 Å². The minimum atomic E-state index is 0.0659. The highest BCUT2D eigenvalue weighted by Gasteiger charge is 2.16. The summed E-state index contributed by atoms with van der Waals surface area (Å²) in [6.07, 6.45) is 2.39. The number of carbonyl (C=O) groups is 1. The van der Waals surface area contributed by atoms with Gasteiger partial charge in [-0.15, -0.1) is 11.3 Å². The van der Waals surface area contributed by atoms with E-state index >= 15 is 0 Å². The first-order valence-corrected chi connectivity index (χ1v) is 6.21. The molecule has 82 valence electrons. The predicted octanol–water partition coefficient (Wildman–Crippen LogP) is 1.54. The molecule has 1 aliphatic rings. The van der Waals surface area contributed by atoms with Crippen molar-refractivity contribution in [2.24, 2.45) is 0 Å². The van der Waals surface area contributed by atoms with Gasteiger partial charge in [0.25, 0.3) is 5.91 Å². The summed E-state index contributed by atoms with van der Waals surface area (Å²) >= 11 is 1.51. The van der Waals surface area contributed by atoms with Crippen LogP contribution in [0.3, 0.4) is 0 Å². The van der Waals surface area contributed by atoms with Crippen LogP contribution >= 0.6 is 11.3 Å². The zero-order chi connectivity index (χ0) is 10.7. The van der Waals surface area contributed by atoms with Gasteiger partial charge in [0.2, 0.25) is 0 Å². The van der Waals surface area contributed by atoms with Crippen molar-refractivity contribution in [3.8, 4) is 0 Å². The highest BCUT2D eigenvalue weighted by Crippen LogP contribution is 2.15. The maximum atomic E-state index is 11.8. The molecule has 4 heteroatoms. The second-order valence-electron chi connectivity index (χ2n) is 3.94. The van der Waals surface area contributed by atoms with E-state index in [0.29, 0.717) is 6.04 Å². The van der Waals surface area contributed by atoms with Gasteiger partial charge in [-0.2, -0.15) is 0 Å². The van der Waals surface area contributed by atoms with Crippen LogP contribution in [0.25, 0.3) is 0 Å². The Morgan fingerprint density at radius 2 is 2.60 bits per heavy atom. The fourth-order valence-electron chi connectivity index (χ4n) is 1.83. The number of carbonyl (C=O) groups excluding carboxylic acids is 1. The molecule has 1 aromatic heterocycles. The van der Waals surface area contributed by atoms with Crippen molar-refractivity contribution in [2.75, 3.05) is 13.1 Å². The third-order valence-corrected chi connectivity index (χ3v) is 3.75. The predicted molar refractivity (Wildman–Crippen MR) is 62.4 cm³/mol. The van der Waals surface area contributed by atoms with Crippen molar-refractivity contribution in [2.45, 2.75) is 25.8 Å². The smallest absolute Gasteiger partial charge is 0.261 e. The molecule has 3 nitrogen and oxygen atoms in total. The van der Waals surface area contributed by atoms with E-state index in [1.165, 1.54) is 24.2 Å². The van der Waals surface area contributed by atoms with Gasteiger partial charge in [-0.05, 0) is 43.3 Å². The molecular formula is C11H16N2OS. The molecule has 0 radical (unpaired) electrons. The number of amides is 1. The number of nitrogens with one attached hydrogen (secondary N) is 2. The van der Waals surface area contributed by atoms with Crippen molar-refractivity contribution >= 4 is 17.2 Å². The molecule has 15 heavy (non-hydrogen) atoms. The topological polar surface area (TPSA) is 41.1 Å². The van der Waals surface area contributed by atoms with Gasteiger partial charge in [-0.25, -0.2) is 0 Å². The minimum absolute atomic E-state index is 0.0659. The van der Waals surface area contributed by atoms with Crippen LogP contribution in [-0.2, 0) is 0 Å². The Bertz CT molecular complexity index is 342. The van der Waals surface area contributed by atoms with Gasteiger partial charge in [0.15, 0.2) is 0 Å². The Morgan fingerprint density at radius 3 is 3.20 bits per heavy atom. The molecule has 1 aromatic rings. The van der Waals surface area contributed by atoms with E-state index in [-0.39, 0.29) is 5.91 Å². The quantitative estimate of drug-likeness (QED) is 0.817. The van der Waals surface area contributed by atoms with Crippen molar-refractivity contribution in [3.63, 3.8) is 0 Å². The van der Waals surface area contributed by atoms with Crippen molar-refractivity contribution in [3.05, 3.63) is 21.9 Å². The molecular weight excluding hydrogens is 208 g/mol. The summed E-state index contributed by atoms with van der Waals surface area (Å²) in [4.78, 5) is 12.6. The molecule has 0 bridgehead atoms. The van der Waals surface area contributed by atoms with Crippen LogP contribution in [0.1, 0.15) is 28.1 Å². The van der Waals surface area contributed by atoms with Crippen LogP contribution in [0.4, 0.5) is 0 Å². The van der Waals surface area contributed by atoms with Gasteiger partial charge in [-0.3, -0.25) is 4.79 Å². The van der Waals surface area contributed by atoms with E-state index in [9.17, 15) is 4.79 Å². The second-order valence-corrected chi connectivity index (χ2v) is 4.85. The molecule has 2 rings (SSSR count). The van der Waals surface area contributed by atoms with Crippen LogP contribution in [0.2, 0.25) is 0 Å². The summed E-state index contributed by atoms with van der Waals surface area (Å²) in [7, 11) is 0. The summed E-state index contributed by atoms with van der Waals surface area (Å²) in [5.41, 5.74) is 1.07. The fraction of sp³-hybridized carbons (Fsp3) is 0.545. The number of hydrogen-bond acceptors (Lipinski definition) is 3. The van der Waals surface area contributed by atoms with Gasteiger partial charge in [-0.1, -0.05) is 0 Å². The van der Waals surface area contributed by atoms with Gasteiger partial charge >= 0.3 is 0 Å². The zero-order valence-electron chi connectivity index (χ0n) is 8.88. The molecule has 0 aromatic carbocycles. The number of aryl methyl sites for hydroxylation is 1. The van der Waals surface area contributed by atoms with Crippen molar-refractivity contribution in [1.82, 2.24) is 10.6 Å². The van der Waals surface area contributed by atoms with E-state index in [1.807, 2.05) is 18.4 Å². The van der Waals surface area contributed by atoms with Gasteiger partial charge < -0.3 is 10.6 Å². The molecule has 0 aliphatic carbocycles. The average Bonchev–Trinajstić information content (AvgIpc) is 2.84. The van der Waals surface area contributed by atoms with E-state index in [2.05, 4.69) is 10.6 Å². The Labute approximate surface area is 93.9 Å². The average molecular weight is 224 g/mol. The molecule has 0 saturated carbocycles. The first-order valence-electron chi connectivity index (χ1n) is 5.33. The van der Waals surface area contributed by atoms with Gasteiger partial charge in [0, 0.05) is 12.6 Å². The lowest BCUT2D eigenvalue weighted by atomic mass is 10.2. The lowest BCUT2D eigenvalue weighted by Gasteiger charge is -2.10. The molecule has 1 saturated heterocycles. The second kappa shape index (κ2) is 4.77. The monoisotopic (exact) mass is 224 g/mol. The SMILES string of the molecule is Cc1ccsc1C(=O)NC[C@H]1CCCN1. The largest absolute Gasteiger partial charge is 0.350 e. The fourth-order valence-corrected chi connectivity index (χ4v) is 2.67. The molecule has 2 N–H and O–H groups in total. The lowest BCUT2D eigenvalue weighted by Crippen LogP contribution is -2.37. The van der Waals surface area contributed by atoms with Crippen LogP contribution in [-0.4, -0.2) is 25.0 Å². The van der Waals surface area contributed by atoms with Gasteiger partial charge in [0.05, 0.1) is 4.88 Å². The molecule has 1 atom stereocenters. The van der Waals surface area contributed by atoms with Crippen LogP contribution in [0.15, 0.2) is 11.4 Å². The third kappa shape index (κ3) is 2.58. The Balaban J connectivity index is 1.84. The molecule has 1 amide bonds. The van der Waals surface area contributed by atoms with Crippen LogP contribution < -0.4 is 10.6 Å². The highest BCUT2D eigenvalue weighted by molar-refractivity contribution is 7.12. The standard InChI is InChI=1S/C11H16N2OS/c1-8-4-6-15-10(8)11(14)13-7-9-3-2-5-12-9/h4,6,9,12H,2-3,5,7H2,1H3,(H,13,14)/t9-/m1/s1. The van der Waals surface area contributed by atoms with Crippen molar-refractivity contribution in [1.29, 1.82) is 0 Å². The Hall–Kier alpha value is -0.870. The van der Waals surface area contributed by atoms with E-state index < -0.39 is 0 Å². The molecule has 2 heterocycles. The maximum absolute atomic E-state index is 11.8. The highest BCUT2D eigenvalue weighted by atomic mass is 32.1. The first-order chi connectivity index (χ1) is 7.27. The zero-order valence-corrected chi connectivity index (χ0v) is 9.69. The van der Waals surface area contributed by atoms with Crippen LogP contribution in [0, 0.1) is 6.92 Å². The third-order valence-electron chi connectivity index (χ3n) is 2.74. The van der Waals surface area contributed by atoms with Crippen molar-refractivity contribution < 1.29 is 4.79 Å². The number of rotatable bonds is 3. The number of thiophene rings is 1. The Morgan fingerprint density at radius 1 is 1.73 bits per heavy atom.